The summed E-state index contributed by atoms with van der Waals surface area (Å²) in [5.74, 6) is 0.557. The highest BCUT2D eigenvalue weighted by atomic mass is 35.5. The molecule has 0 unspecified atom stereocenters. The summed E-state index contributed by atoms with van der Waals surface area (Å²) in [5, 5.41) is 11.1. The molecule has 2 aromatic rings. The summed E-state index contributed by atoms with van der Waals surface area (Å²) < 4.78 is 5.80. The molecule has 1 aromatic carbocycles. The SMILES string of the molecule is COc1ccc(Cl)cc1NC(=O)CSc1nnc(N)s1. The number of nitrogens with zero attached hydrogens (tertiary/aromatic N) is 2. The molecular weight excluding hydrogens is 320 g/mol. The molecule has 1 amide bonds. The van der Waals surface area contributed by atoms with Crippen molar-refractivity contribution in [3.63, 3.8) is 0 Å². The fourth-order valence-electron chi connectivity index (χ4n) is 1.37. The predicted molar refractivity (Wildman–Crippen MR) is 81.7 cm³/mol. The Hall–Kier alpha value is -1.51. The van der Waals surface area contributed by atoms with Crippen LogP contribution >= 0.6 is 34.7 Å². The van der Waals surface area contributed by atoms with Gasteiger partial charge in [0, 0.05) is 5.02 Å². The van der Waals surface area contributed by atoms with Crippen LogP contribution in [-0.2, 0) is 4.79 Å². The van der Waals surface area contributed by atoms with Crippen LogP contribution in [0.15, 0.2) is 22.5 Å². The Morgan fingerprint density at radius 1 is 1.55 bits per heavy atom. The zero-order chi connectivity index (χ0) is 14.5. The Labute approximate surface area is 128 Å². The van der Waals surface area contributed by atoms with Gasteiger partial charge >= 0.3 is 0 Å². The normalized spacial score (nSPS) is 10.3. The van der Waals surface area contributed by atoms with Gasteiger partial charge in [-0.05, 0) is 18.2 Å². The molecule has 20 heavy (non-hydrogen) atoms. The molecule has 0 bridgehead atoms. The molecule has 0 atom stereocenters. The number of carbonyl (C=O) groups excluding carboxylic acids is 1. The number of ether oxygens (including phenoxy) is 1. The smallest absolute Gasteiger partial charge is 0.234 e. The minimum Gasteiger partial charge on any atom is -0.495 e. The number of aromatic nitrogens is 2. The zero-order valence-electron chi connectivity index (χ0n) is 10.4. The average Bonchev–Trinajstić information content (AvgIpc) is 2.83. The summed E-state index contributed by atoms with van der Waals surface area (Å²) in [7, 11) is 1.53. The highest BCUT2D eigenvalue weighted by molar-refractivity contribution is 8.01. The van der Waals surface area contributed by atoms with E-state index in [4.69, 9.17) is 22.1 Å². The number of rotatable bonds is 5. The standard InChI is InChI=1S/C11H11ClN4O2S2/c1-18-8-3-2-6(12)4-7(8)14-9(17)5-19-11-16-15-10(13)20-11/h2-4H,5H2,1H3,(H2,13,15)(H,14,17). The number of hydrogen-bond acceptors (Lipinski definition) is 7. The van der Waals surface area contributed by atoms with Crippen LogP contribution in [0.1, 0.15) is 0 Å². The first-order valence-corrected chi connectivity index (χ1v) is 7.61. The lowest BCUT2D eigenvalue weighted by Crippen LogP contribution is -2.14. The highest BCUT2D eigenvalue weighted by Gasteiger charge is 2.10. The monoisotopic (exact) mass is 330 g/mol. The largest absolute Gasteiger partial charge is 0.495 e. The van der Waals surface area contributed by atoms with Crippen molar-refractivity contribution in [2.24, 2.45) is 0 Å². The molecule has 106 valence electrons. The molecule has 2 rings (SSSR count). The molecule has 0 fully saturated rings. The van der Waals surface area contributed by atoms with E-state index in [1.54, 1.807) is 18.2 Å². The third-order valence-corrected chi connectivity index (χ3v) is 4.31. The van der Waals surface area contributed by atoms with Crippen LogP contribution in [0.5, 0.6) is 5.75 Å². The molecule has 3 N–H and O–H groups in total. The highest BCUT2D eigenvalue weighted by Crippen LogP contribution is 2.28. The van der Waals surface area contributed by atoms with Gasteiger partial charge in [-0.15, -0.1) is 10.2 Å². The molecule has 0 radical (unpaired) electrons. The number of anilines is 2. The van der Waals surface area contributed by atoms with Crippen LogP contribution in [0.4, 0.5) is 10.8 Å². The molecule has 0 aliphatic heterocycles. The van der Waals surface area contributed by atoms with Crippen LogP contribution in [0.3, 0.4) is 0 Å². The number of carbonyl (C=O) groups is 1. The molecule has 9 heteroatoms. The number of amides is 1. The Morgan fingerprint density at radius 3 is 3.00 bits per heavy atom. The van der Waals surface area contributed by atoms with E-state index in [1.807, 2.05) is 0 Å². The Morgan fingerprint density at radius 2 is 2.35 bits per heavy atom. The van der Waals surface area contributed by atoms with Crippen molar-refractivity contribution >= 4 is 51.4 Å². The first-order valence-electron chi connectivity index (χ1n) is 5.43. The molecule has 0 aliphatic carbocycles. The van der Waals surface area contributed by atoms with E-state index in [9.17, 15) is 4.79 Å². The van der Waals surface area contributed by atoms with Gasteiger partial charge in [-0.2, -0.15) is 0 Å². The summed E-state index contributed by atoms with van der Waals surface area (Å²) in [6.45, 7) is 0. The summed E-state index contributed by atoms with van der Waals surface area (Å²) in [6.07, 6.45) is 0. The van der Waals surface area contributed by atoms with Gasteiger partial charge in [-0.25, -0.2) is 0 Å². The Kier molecular flexibility index (Phi) is 5.05. The van der Waals surface area contributed by atoms with E-state index in [1.165, 1.54) is 30.2 Å². The van der Waals surface area contributed by atoms with Crippen molar-refractivity contribution in [2.45, 2.75) is 4.34 Å². The Balaban J connectivity index is 1.96. The number of methoxy groups -OCH3 is 1. The van der Waals surface area contributed by atoms with E-state index >= 15 is 0 Å². The third-order valence-electron chi connectivity index (χ3n) is 2.18. The lowest BCUT2D eigenvalue weighted by molar-refractivity contribution is -0.113. The molecule has 1 heterocycles. The second-order valence-electron chi connectivity index (χ2n) is 3.59. The number of nitrogen functional groups attached to an aromatic ring is 1. The lowest BCUT2D eigenvalue weighted by atomic mass is 10.3. The predicted octanol–water partition coefficient (Wildman–Crippen LogP) is 2.51. The van der Waals surface area contributed by atoms with E-state index in [-0.39, 0.29) is 11.7 Å². The quantitative estimate of drug-likeness (QED) is 0.819. The topological polar surface area (TPSA) is 90.1 Å². The van der Waals surface area contributed by atoms with Crippen LogP contribution in [0.2, 0.25) is 5.02 Å². The number of nitrogens with one attached hydrogen (secondary N) is 1. The Bertz CT molecular complexity index is 620. The maximum Gasteiger partial charge on any atom is 0.234 e. The van der Waals surface area contributed by atoms with Crippen LogP contribution in [0.25, 0.3) is 0 Å². The van der Waals surface area contributed by atoms with Crippen molar-refractivity contribution in [1.29, 1.82) is 0 Å². The number of thioether (sulfide) groups is 1. The van der Waals surface area contributed by atoms with Crippen molar-refractivity contribution in [3.05, 3.63) is 23.2 Å². The molecule has 6 nitrogen and oxygen atoms in total. The minimum atomic E-state index is -0.190. The van der Waals surface area contributed by atoms with Crippen molar-refractivity contribution in [3.8, 4) is 5.75 Å². The molecule has 0 spiro atoms. The van der Waals surface area contributed by atoms with Gasteiger partial charge in [0.2, 0.25) is 11.0 Å². The van der Waals surface area contributed by atoms with Crippen LogP contribution in [0, 0.1) is 0 Å². The molecule has 1 aromatic heterocycles. The van der Waals surface area contributed by atoms with Gasteiger partial charge in [0.1, 0.15) is 5.75 Å². The third kappa shape index (κ3) is 3.99. The van der Waals surface area contributed by atoms with Gasteiger partial charge in [-0.1, -0.05) is 34.7 Å². The van der Waals surface area contributed by atoms with Crippen LogP contribution in [-0.4, -0.2) is 29.0 Å². The maximum atomic E-state index is 11.9. The van der Waals surface area contributed by atoms with E-state index in [0.717, 1.165) is 0 Å². The van der Waals surface area contributed by atoms with Crippen molar-refractivity contribution in [1.82, 2.24) is 10.2 Å². The van der Waals surface area contributed by atoms with Crippen molar-refractivity contribution < 1.29 is 9.53 Å². The lowest BCUT2D eigenvalue weighted by Gasteiger charge is -2.09. The van der Waals surface area contributed by atoms with Gasteiger partial charge < -0.3 is 15.8 Å². The van der Waals surface area contributed by atoms with Gasteiger partial charge in [0.05, 0.1) is 18.6 Å². The first kappa shape index (κ1) is 14.9. The molecule has 0 saturated carbocycles. The number of benzene rings is 1. The number of hydrogen-bond donors (Lipinski definition) is 2. The van der Waals surface area contributed by atoms with Gasteiger partial charge in [0.15, 0.2) is 4.34 Å². The molecule has 0 aliphatic rings. The van der Waals surface area contributed by atoms with E-state index in [0.29, 0.717) is 25.9 Å². The number of nitrogens with two attached hydrogens (primary N) is 1. The summed E-state index contributed by atoms with van der Waals surface area (Å²) in [6, 6.07) is 5.01. The van der Waals surface area contributed by atoms with E-state index in [2.05, 4.69) is 15.5 Å². The second-order valence-corrected chi connectivity index (χ2v) is 6.26. The average molecular weight is 331 g/mol. The summed E-state index contributed by atoms with van der Waals surface area (Å²) in [5.41, 5.74) is 5.99. The number of halogens is 1. The summed E-state index contributed by atoms with van der Waals surface area (Å²) in [4.78, 5) is 11.9. The first-order chi connectivity index (χ1) is 9.58. The minimum absolute atomic E-state index is 0.190. The molecular formula is C11H11ClN4O2S2. The fraction of sp³-hybridized carbons (Fsp3) is 0.182. The molecule has 0 saturated heterocycles. The van der Waals surface area contributed by atoms with Crippen LogP contribution < -0.4 is 15.8 Å². The van der Waals surface area contributed by atoms with Gasteiger partial charge in [-0.3, -0.25) is 4.79 Å². The van der Waals surface area contributed by atoms with Crippen molar-refractivity contribution in [2.75, 3.05) is 23.9 Å². The second kappa shape index (κ2) is 6.78. The van der Waals surface area contributed by atoms with Gasteiger partial charge in [0.25, 0.3) is 0 Å². The maximum absolute atomic E-state index is 11.9. The zero-order valence-corrected chi connectivity index (χ0v) is 12.8. The fourth-order valence-corrected chi connectivity index (χ4v) is 2.98. The summed E-state index contributed by atoms with van der Waals surface area (Å²) >= 11 is 8.39. The van der Waals surface area contributed by atoms with E-state index < -0.39 is 0 Å².